The number of anilines is 1. The minimum atomic E-state index is -4.43. The highest BCUT2D eigenvalue weighted by molar-refractivity contribution is 6.35. The monoisotopic (exact) mass is 399 g/mol. The maximum absolute atomic E-state index is 12.6. The van der Waals surface area contributed by atoms with Crippen LogP contribution >= 0.6 is 0 Å². The minimum Gasteiger partial charge on any atom is -0.357 e. The van der Waals surface area contributed by atoms with Crippen molar-refractivity contribution in [3.63, 3.8) is 0 Å². The van der Waals surface area contributed by atoms with E-state index in [4.69, 9.17) is 0 Å². The van der Waals surface area contributed by atoms with Crippen molar-refractivity contribution in [2.75, 3.05) is 18.0 Å². The molecule has 1 aromatic rings. The predicted molar refractivity (Wildman–Crippen MR) is 91.6 cm³/mol. The topological polar surface area (TPSA) is 103 Å². The van der Waals surface area contributed by atoms with Gasteiger partial charge in [0.2, 0.25) is 5.91 Å². The standard InChI is InChI=1S/C17H20F3N5O3/c18-17(19,20)11-1-4-13(21-9-11)25-7-5-10(6-8-25)14(26)23-24-16(28)15(27)22-12-2-3-12/h1,4,9-10,12H,2-3,5-8H2,(H,22,27)(H,23,26)(H,24,28). The number of halogens is 3. The van der Waals surface area contributed by atoms with Crippen LogP contribution in [0.2, 0.25) is 0 Å². The first-order valence-corrected chi connectivity index (χ1v) is 8.93. The summed E-state index contributed by atoms with van der Waals surface area (Å²) in [6.45, 7) is 0.874. The highest BCUT2D eigenvalue weighted by Gasteiger charge is 2.32. The molecular weight excluding hydrogens is 379 g/mol. The molecule has 1 saturated heterocycles. The van der Waals surface area contributed by atoms with Crippen LogP contribution in [-0.2, 0) is 20.6 Å². The van der Waals surface area contributed by atoms with Crippen LogP contribution in [0.1, 0.15) is 31.2 Å². The van der Waals surface area contributed by atoms with E-state index in [0.717, 1.165) is 25.1 Å². The van der Waals surface area contributed by atoms with Gasteiger partial charge in [0, 0.05) is 31.2 Å². The molecule has 0 atom stereocenters. The molecule has 152 valence electrons. The predicted octanol–water partition coefficient (Wildman–Crippen LogP) is 0.743. The first-order valence-electron chi connectivity index (χ1n) is 8.93. The van der Waals surface area contributed by atoms with Gasteiger partial charge in [-0.2, -0.15) is 13.2 Å². The van der Waals surface area contributed by atoms with Crippen molar-refractivity contribution in [1.29, 1.82) is 0 Å². The van der Waals surface area contributed by atoms with E-state index in [1.807, 2.05) is 0 Å². The summed E-state index contributed by atoms with van der Waals surface area (Å²) < 4.78 is 37.8. The maximum atomic E-state index is 12.6. The first-order chi connectivity index (χ1) is 13.2. The zero-order chi connectivity index (χ0) is 20.3. The summed E-state index contributed by atoms with van der Waals surface area (Å²) in [5.74, 6) is -2.08. The normalized spacial score (nSPS) is 17.8. The number of hydrogen-bond acceptors (Lipinski definition) is 5. The number of hydrogen-bond donors (Lipinski definition) is 3. The maximum Gasteiger partial charge on any atom is 0.417 e. The van der Waals surface area contributed by atoms with E-state index in [1.54, 1.807) is 4.90 Å². The van der Waals surface area contributed by atoms with Crippen LogP contribution in [0.5, 0.6) is 0 Å². The van der Waals surface area contributed by atoms with Crippen LogP contribution in [0, 0.1) is 5.92 Å². The number of hydrazine groups is 1. The third-order valence-electron chi connectivity index (χ3n) is 4.68. The van der Waals surface area contributed by atoms with Gasteiger partial charge in [-0.1, -0.05) is 0 Å². The van der Waals surface area contributed by atoms with Gasteiger partial charge in [-0.25, -0.2) is 4.98 Å². The fraction of sp³-hybridized carbons (Fsp3) is 0.529. The third-order valence-corrected chi connectivity index (χ3v) is 4.68. The lowest BCUT2D eigenvalue weighted by atomic mass is 9.96. The number of piperidine rings is 1. The van der Waals surface area contributed by atoms with Gasteiger partial charge in [-0.3, -0.25) is 25.2 Å². The second kappa shape index (κ2) is 8.03. The molecule has 3 rings (SSSR count). The largest absolute Gasteiger partial charge is 0.417 e. The number of amides is 3. The number of pyridine rings is 1. The minimum absolute atomic E-state index is 0.0390. The van der Waals surface area contributed by atoms with Crippen molar-refractivity contribution in [2.45, 2.75) is 37.9 Å². The quantitative estimate of drug-likeness (QED) is 0.514. The van der Waals surface area contributed by atoms with E-state index in [1.165, 1.54) is 6.07 Å². The lowest BCUT2D eigenvalue weighted by Crippen LogP contribution is -2.51. The summed E-state index contributed by atoms with van der Waals surface area (Å²) >= 11 is 0. The molecule has 2 aliphatic rings. The van der Waals surface area contributed by atoms with Crippen molar-refractivity contribution >= 4 is 23.5 Å². The molecule has 2 heterocycles. The van der Waals surface area contributed by atoms with Gasteiger partial charge in [0.1, 0.15) is 5.82 Å². The van der Waals surface area contributed by atoms with E-state index < -0.39 is 29.5 Å². The number of nitrogens with zero attached hydrogens (tertiary/aromatic N) is 2. The fourth-order valence-electron chi connectivity index (χ4n) is 2.87. The fourth-order valence-corrected chi connectivity index (χ4v) is 2.87. The van der Waals surface area contributed by atoms with Crippen LogP contribution in [0.15, 0.2) is 18.3 Å². The highest BCUT2D eigenvalue weighted by atomic mass is 19.4. The molecule has 0 unspecified atom stereocenters. The molecule has 1 aromatic heterocycles. The van der Waals surface area contributed by atoms with E-state index in [9.17, 15) is 27.6 Å². The molecule has 28 heavy (non-hydrogen) atoms. The van der Waals surface area contributed by atoms with Gasteiger partial charge in [-0.05, 0) is 37.8 Å². The summed E-state index contributed by atoms with van der Waals surface area (Å²) in [7, 11) is 0. The molecule has 0 aromatic carbocycles. The van der Waals surface area contributed by atoms with Crippen molar-refractivity contribution in [2.24, 2.45) is 5.92 Å². The smallest absolute Gasteiger partial charge is 0.357 e. The molecule has 11 heteroatoms. The molecule has 1 aliphatic carbocycles. The van der Waals surface area contributed by atoms with Gasteiger partial charge in [0.15, 0.2) is 0 Å². The third kappa shape index (κ3) is 5.11. The molecule has 0 bridgehead atoms. The Morgan fingerprint density at radius 2 is 1.68 bits per heavy atom. The lowest BCUT2D eigenvalue weighted by Gasteiger charge is -2.32. The van der Waals surface area contributed by atoms with Gasteiger partial charge in [0.05, 0.1) is 5.56 Å². The summed E-state index contributed by atoms with van der Waals surface area (Å²) in [6.07, 6.45) is -1.07. The van der Waals surface area contributed by atoms with Gasteiger partial charge in [-0.15, -0.1) is 0 Å². The SMILES string of the molecule is O=C(NNC(=O)C1CCN(c2ccc(C(F)(F)F)cn2)CC1)C(=O)NC1CC1. The number of carbonyl (C=O) groups excluding carboxylic acids is 3. The van der Waals surface area contributed by atoms with E-state index in [0.29, 0.717) is 31.7 Å². The molecule has 3 amide bonds. The zero-order valence-corrected chi connectivity index (χ0v) is 14.9. The molecule has 1 aliphatic heterocycles. The van der Waals surface area contributed by atoms with Crippen molar-refractivity contribution in [3.8, 4) is 0 Å². The van der Waals surface area contributed by atoms with Gasteiger partial charge in [0.25, 0.3) is 0 Å². The molecule has 2 fully saturated rings. The Kier molecular flexibility index (Phi) is 5.71. The molecule has 1 saturated carbocycles. The van der Waals surface area contributed by atoms with Crippen LogP contribution in [-0.4, -0.2) is 41.8 Å². The lowest BCUT2D eigenvalue weighted by molar-refractivity contribution is -0.141. The summed E-state index contributed by atoms with van der Waals surface area (Å²) in [4.78, 5) is 40.9. The molecule has 3 N–H and O–H groups in total. The molecule has 0 spiro atoms. The van der Waals surface area contributed by atoms with Crippen molar-refractivity contribution in [3.05, 3.63) is 23.9 Å². The number of aromatic nitrogens is 1. The summed E-state index contributed by atoms with van der Waals surface area (Å²) in [6, 6.07) is 2.32. The summed E-state index contributed by atoms with van der Waals surface area (Å²) in [5, 5.41) is 2.51. The second-order valence-electron chi connectivity index (χ2n) is 6.86. The Morgan fingerprint density at radius 1 is 1.00 bits per heavy atom. The number of nitrogens with one attached hydrogen (secondary N) is 3. The van der Waals surface area contributed by atoms with E-state index >= 15 is 0 Å². The average molecular weight is 399 g/mol. The number of rotatable bonds is 3. The van der Waals surface area contributed by atoms with Crippen LogP contribution in [0.3, 0.4) is 0 Å². The Balaban J connectivity index is 1.43. The van der Waals surface area contributed by atoms with Gasteiger partial charge >= 0.3 is 18.0 Å². The van der Waals surface area contributed by atoms with E-state index in [-0.39, 0.29) is 12.0 Å². The molecular formula is C17H20F3N5O3. The first kappa shape index (κ1) is 19.9. The van der Waals surface area contributed by atoms with Crippen LogP contribution in [0.4, 0.5) is 19.0 Å². The number of alkyl halides is 3. The van der Waals surface area contributed by atoms with Crippen LogP contribution in [0.25, 0.3) is 0 Å². The van der Waals surface area contributed by atoms with E-state index in [2.05, 4.69) is 21.2 Å². The van der Waals surface area contributed by atoms with Crippen molar-refractivity contribution in [1.82, 2.24) is 21.2 Å². The Hall–Kier alpha value is -2.85. The van der Waals surface area contributed by atoms with Crippen LogP contribution < -0.4 is 21.1 Å². The van der Waals surface area contributed by atoms with Crippen molar-refractivity contribution < 1.29 is 27.6 Å². The van der Waals surface area contributed by atoms with Gasteiger partial charge < -0.3 is 10.2 Å². The number of carbonyl (C=O) groups is 3. The average Bonchev–Trinajstić information content (AvgIpc) is 3.49. The summed E-state index contributed by atoms with van der Waals surface area (Å²) in [5.41, 5.74) is 3.53. The second-order valence-corrected chi connectivity index (χ2v) is 6.86. The Bertz CT molecular complexity index is 741. The molecule has 0 radical (unpaired) electrons. The highest BCUT2D eigenvalue weighted by Crippen LogP contribution is 2.30. The molecule has 8 nitrogen and oxygen atoms in total. The Labute approximate surface area is 158 Å². The zero-order valence-electron chi connectivity index (χ0n) is 14.9. The Morgan fingerprint density at radius 3 is 2.21 bits per heavy atom.